The van der Waals surface area contributed by atoms with E-state index in [2.05, 4.69) is 5.16 Å². The fourth-order valence-electron chi connectivity index (χ4n) is 1.83. The third-order valence-corrected chi connectivity index (χ3v) is 6.12. The van der Waals surface area contributed by atoms with Gasteiger partial charge in [0.05, 0.1) is 0 Å². The first-order valence-electron chi connectivity index (χ1n) is 5.21. The molecule has 1 fully saturated rings. The van der Waals surface area contributed by atoms with Crippen LogP contribution in [0.1, 0.15) is 11.5 Å². The van der Waals surface area contributed by atoms with Gasteiger partial charge in [-0.2, -0.15) is 4.31 Å². The molecule has 1 saturated heterocycles. The van der Waals surface area contributed by atoms with Gasteiger partial charge in [-0.3, -0.25) is 4.21 Å². The lowest BCUT2D eigenvalue weighted by atomic mass is 10.4. The van der Waals surface area contributed by atoms with Crippen LogP contribution in [-0.4, -0.2) is 46.7 Å². The first kappa shape index (κ1) is 12.7. The van der Waals surface area contributed by atoms with Crippen molar-refractivity contribution in [2.75, 3.05) is 24.6 Å². The van der Waals surface area contributed by atoms with Crippen LogP contribution in [0.25, 0.3) is 0 Å². The van der Waals surface area contributed by atoms with E-state index in [9.17, 15) is 12.6 Å². The molecule has 6 nitrogen and oxygen atoms in total. The van der Waals surface area contributed by atoms with Crippen molar-refractivity contribution in [1.82, 2.24) is 9.46 Å². The van der Waals surface area contributed by atoms with Gasteiger partial charge in [0.15, 0.2) is 5.76 Å². The summed E-state index contributed by atoms with van der Waals surface area (Å²) < 4.78 is 42.1. The standard InChI is InChI=1S/C9H14N2O4S2/c1-7-9(8(2)15-10-7)17(13,14)11-3-5-16(12)6-4-11/h3-6H2,1-2H3. The van der Waals surface area contributed by atoms with Crippen LogP contribution in [0.3, 0.4) is 0 Å². The monoisotopic (exact) mass is 278 g/mol. The molecule has 0 aromatic carbocycles. The molecular weight excluding hydrogens is 264 g/mol. The van der Waals surface area contributed by atoms with E-state index in [4.69, 9.17) is 4.52 Å². The van der Waals surface area contributed by atoms with Crippen molar-refractivity contribution in [2.45, 2.75) is 18.7 Å². The van der Waals surface area contributed by atoms with E-state index in [-0.39, 0.29) is 4.90 Å². The van der Waals surface area contributed by atoms with Crippen LogP contribution in [-0.2, 0) is 20.8 Å². The first-order chi connectivity index (χ1) is 7.93. The highest BCUT2D eigenvalue weighted by atomic mass is 32.2. The number of nitrogens with zero attached hydrogens (tertiary/aromatic N) is 2. The summed E-state index contributed by atoms with van der Waals surface area (Å²) in [5.41, 5.74) is 0.370. The lowest BCUT2D eigenvalue weighted by Crippen LogP contribution is -2.41. The predicted molar refractivity (Wildman–Crippen MR) is 62.6 cm³/mol. The SMILES string of the molecule is Cc1noc(C)c1S(=O)(=O)N1CCS(=O)CC1. The number of rotatable bonds is 2. The molecule has 0 bridgehead atoms. The zero-order valence-electron chi connectivity index (χ0n) is 9.67. The van der Waals surface area contributed by atoms with Crippen LogP contribution in [0.2, 0.25) is 0 Å². The summed E-state index contributed by atoms with van der Waals surface area (Å²) in [6, 6.07) is 0. The minimum atomic E-state index is -3.56. The van der Waals surface area contributed by atoms with Gasteiger partial charge in [0.25, 0.3) is 0 Å². The molecule has 96 valence electrons. The van der Waals surface area contributed by atoms with Crippen LogP contribution in [0.4, 0.5) is 0 Å². The van der Waals surface area contributed by atoms with Gasteiger partial charge >= 0.3 is 0 Å². The Morgan fingerprint density at radius 3 is 2.35 bits per heavy atom. The van der Waals surface area contributed by atoms with Gasteiger partial charge in [-0.1, -0.05) is 5.16 Å². The molecule has 2 rings (SSSR count). The largest absolute Gasteiger partial charge is 0.360 e. The van der Waals surface area contributed by atoms with Crippen molar-refractivity contribution in [3.05, 3.63) is 11.5 Å². The summed E-state index contributed by atoms with van der Waals surface area (Å²) in [5, 5.41) is 3.65. The van der Waals surface area contributed by atoms with Gasteiger partial charge in [0.1, 0.15) is 10.6 Å². The molecule has 0 saturated carbocycles. The lowest BCUT2D eigenvalue weighted by Gasteiger charge is -2.25. The molecule has 1 aliphatic heterocycles. The maximum Gasteiger partial charge on any atom is 0.248 e. The van der Waals surface area contributed by atoms with Gasteiger partial charge in [-0.05, 0) is 13.8 Å². The number of aromatic nitrogens is 1. The van der Waals surface area contributed by atoms with E-state index in [1.54, 1.807) is 13.8 Å². The molecule has 17 heavy (non-hydrogen) atoms. The van der Waals surface area contributed by atoms with Gasteiger partial charge in [0.2, 0.25) is 10.0 Å². The van der Waals surface area contributed by atoms with Gasteiger partial charge in [-0.15, -0.1) is 0 Å². The van der Waals surface area contributed by atoms with E-state index in [0.29, 0.717) is 36.0 Å². The zero-order chi connectivity index (χ0) is 12.6. The Labute approximate surface area is 102 Å². The van der Waals surface area contributed by atoms with Crippen molar-refractivity contribution < 1.29 is 17.1 Å². The third kappa shape index (κ3) is 2.29. The molecule has 0 N–H and O–H groups in total. The molecule has 1 aliphatic rings. The van der Waals surface area contributed by atoms with Crippen molar-refractivity contribution >= 4 is 20.8 Å². The lowest BCUT2D eigenvalue weighted by molar-refractivity contribution is 0.389. The van der Waals surface area contributed by atoms with Crippen LogP contribution in [0, 0.1) is 13.8 Å². The van der Waals surface area contributed by atoms with E-state index in [0.717, 1.165) is 0 Å². The summed E-state index contributed by atoms with van der Waals surface area (Å²) in [6.45, 7) is 3.76. The fourth-order valence-corrected chi connectivity index (χ4v) is 4.85. The minimum Gasteiger partial charge on any atom is -0.360 e. The molecule has 0 atom stereocenters. The van der Waals surface area contributed by atoms with Crippen LogP contribution in [0.5, 0.6) is 0 Å². The second-order valence-corrected chi connectivity index (χ2v) is 7.48. The smallest absolute Gasteiger partial charge is 0.248 e. The summed E-state index contributed by atoms with van der Waals surface area (Å²) in [5.74, 6) is 1.08. The number of hydrogen-bond acceptors (Lipinski definition) is 5. The van der Waals surface area contributed by atoms with E-state index in [1.165, 1.54) is 4.31 Å². The van der Waals surface area contributed by atoms with E-state index in [1.807, 2.05) is 0 Å². The molecule has 0 radical (unpaired) electrons. The molecule has 0 amide bonds. The Morgan fingerprint density at radius 1 is 1.29 bits per heavy atom. The number of sulfonamides is 1. The highest BCUT2D eigenvalue weighted by molar-refractivity contribution is 7.89. The molecule has 0 aliphatic carbocycles. The number of hydrogen-bond donors (Lipinski definition) is 0. The molecule has 1 aromatic heterocycles. The molecule has 0 spiro atoms. The van der Waals surface area contributed by atoms with Crippen molar-refractivity contribution in [1.29, 1.82) is 0 Å². The van der Waals surface area contributed by atoms with E-state index < -0.39 is 20.8 Å². The molecule has 1 aromatic rings. The molecule has 2 heterocycles. The third-order valence-electron chi connectivity index (χ3n) is 2.70. The summed E-state index contributed by atoms with van der Waals surface area (Å²) in [7, 11) is -4.46. The summed E-state index contributed by atoms with van der Waals surface area (Å²) >= 11 is 0. The quantitative estimate of drug-likeness (QED) is 0.763. The average Bonchev–Trinajstić information content (AvgIpc) is 2.59. The number of aryl methyl sites for hydroxylation is 2. The Hall–Kier alpha value is -0.730. The predicted octanol–water partition coefficient (Wildman–Crippen LogP) is 0.0444. The van der Waals surface area contributed by atoms with Crippen molar-refractivity contribution in [2.24, 2.45) is 0 Å². The Morgan fingerprint density at radius 2 is 1.88 bits per heavy atom. The van der Waals surface area contributed by atoms with Gasteiger partial charge < -0.3 is 4.52 Å². The molecule has 0 unspecified atom stereocenters. The zero-order valence-corrected chi connectivity index (χ0v) is 11.3. The Balaban J connectivity index is 2.34. The molecular formula is C9H14N2O4S2. The Bertz CT molecular complexity index is 520. The highest BCUT2D eigenvalue weighted by Gasteiger charge is 2.32. The van der Waals surface area contributed by atoms with E-state index >= 15 is 0 Å². The maximum atomic E-state index is 12.3. The Kier molecular flexibility index (Phi) is 3.37. The highest BCUT2D eigenvalue weighted by Crippen LogP contribution is 2.23. The maximum absolute atomic E-state index is 12.3. The first-order valence-corrected chi connectivity index (χ1v) is 8.13. The van der Waals surface area contributed by atoms with Gasteiger partial charge in [-0.25, -0.2) is 8.42 Å². The summed E-state index contributed by atoms with van der Waals surface area (Å²) in [6.07, 6.45) is 0. The topological polar surface area (TPSA) is 80.5 Å². The summed E-state index contributed by atoms with van der Waals surface area (Å²) in [4.78, 5) is 0.144. The second-order valence-electron chi connectivity index (χ2n) is 3.91. The second kappa shape index (κ2) is 4.51. The van der Waals surface area contributed by atoms with Crippen LogP contribution >= 0.6 is 0 Å². The fraction of sp³-hybridized carbons (Fsp3) is 0.667. The van der Waals surface area contributed by atoms with Crippen LogP contribution in [0.15, 0.2) is 9.42 Å². The van der Waals surface area contributed by atoms with Crippen LogP contribution < -0.4 is 0 Å². The van der Waals surface area contributed by atoms with Gasteiger partial charge in [0, 0.05) is 35.4 Å². The normalized spacial score (nSPS) is 19.6. The molecule has 8 heteroatoms. The van der Waals surface area contributed by atoms with Crippen molar-refractivity contribution in [3.63, 3.8) is 0 Å². The minimum absolute atomic E-state index is 0.144. The average molecular weight is 278 g/mol. The van der Waals surface area contributed by atoms with Crippen molar-refractivity contribution in [3.8, 4) is 0 Å².